The van der Waals surface area contributed by atoms with E-state index in [9.17, 15) is 13.6 Å². The lowest BCUT2D eigenvalue weighted by Gasteiger charge is -2.30. The minimum Gasteiger partial charge on any atom is -0.355 e. The molecule has 3 N–H and O–H groups in total. The molecule has 5 heteroatoms. The number of hydrogen-bond donors (Lipinski definition) is 2. The molecular weight excluding hydrogens is 262 g/mol. The Labute approximate surface area is 118 Å². The minimum absolute atomic E-state index is 0.0637. The predicted molar refractivity (Wildman–Crippen MR) is 75.1 cm³/mol. The van der Waals surface area contributed by atoms with Crippen LogP contribution in [-0.2, 0) is 11.2 Å². The molecule has 0 aliphatic carbocycles. The fourth-order valence-electron chi connectivity index (χ4n) is 2.07. The topological polar surface area (TPSA) is 55.1 Å². The maximum atomic E-state index is 13.5. The number of rotatable bonds is 7. The Morgan fingerprint density at radius 3 is 2.50 bits per heavy atom. The summed E-state index contributed by atoms with van der Waals surface area (Å²) in [5.41, 5.74) is 5.69. The zero-order valence-electron chi connectivity index (χ0n) is 12.0. The molecule has 0 aromatic heterocycles. The summed E-state index contributed by atoms with van der Waals surface area (Å²) < 4.78 is 26.5. The first-order valence-corrected chi connectivity index (χ1v) is 6.87. The maximum Gasteiger partial charge on any atom is 0.224 e. The van der Waals surface area contributed by atoms with Gasteiger partial charge in [-0.3, -0.25) is 4.79 Å². The molecule has 20 heavy (non-hydrogen) atoms. The smallest absolute Gasteiger partial charge is 0.224 e. The third-order valence-corrected chi connectivity index (χ3v) is 3.98. The number of carbonyl (C=O) groups is 1. The highest BCUT2D eigenvalue weighted by Crippen LogP contribution is 2.23. The van der Waals surface area contributed by atoms with Gasteiger partial charge >= 0.3 is 0 Å². The molecule has 112 valence electrons. The van der Waals surface area contributed by atoms with Gasteiger partial charge < -0.3 is 11.1 Å². The normalized spacial score (nSPS) is 11.4. The maximum absolute atomic E-state index is 13.5. The number of carbonyl (C=O) groups excluding carboxylic acids is 1. The van der Waals surface area contributed by atoms with Gasteiger partial charge in [0.1, 0.15) is 0 Å². The number of halogens is 2. The number of amides is 1. The largest absolute Gasteiger partial charge is 0.355 e. The van der Waals surface area contributed by atoms with Crippen LogP contribution in [0.2, 0.25) is 0 Å². The van der Waals surface area contributed by atoms with Crippen molar-refractivity contribution in [2.45, 2.75) is 33.1 Å². The fraction of sp³-hybridized carbons (Fsp3) is 0.533. The van der Waals surface area contributed by atoms with Crippen molar-refractivity contribution in [2.75, 3.05) is 13.1 Å². The summed E-state index contributed by atoms with van der Waals surface area (Å²) in [5.74, 6) is -2.22. The minimum atomic E-state index is -0.960. The van der Waals surface area contributed by atoms with Gasteiger partial charge in [-0.05, 0) is 30.9 Å². The SMILES string of the molecule is CCC(CC)(CN)CNC(=O)Cc1cccc(F)c1F. The van der Waals surface area contributed by atoms with E-state index in [0.29, 0.717) is 13.1 Å². The molecule has 0 atom stereocenters. The van der Waals surface area contributed by atoms with E-state index in [0.717, 1.165) is 18.9 Å². The molecule has 1 aromatic carbocycles. The van der Waals surface area contributed by atoms with Crippen LogP contribution in [0.15, 0.2) is 18.2 Å². The number of nitrogens with two attached hydrogens (primary N) is 1. The van der Waals surface area contributed by atoms with Crippen LogP contribution in [0.25, 0.3) is 0 Å². The van der Waals surface area contributed by atoms with Crippen molar-refractivity contribution in [1.29, 1.82) is 0 Å². The Balaban J connectivity index is 2.62. The van der Waals surface area contributed by atoms with Crippen LogP contribution in [0.3, 0.4) is 0 Å². The second-order valence-corrected chi connectivity index (χ2v) is 5.08. The number of hydrogen-bond acceptors (Lipinski definition) is 2. The molecular formula is C15H22F2N2O. The molecule has 1 rings (SSSR count). The van der Waals surface area contributed by atoms with Gasteiger partial charge in [0, 0.05) is 12.1 Å². The summed E-state index contributed by atoms with van der Waals surface area (Å²) in [5, 5.41) is 2.76. The second kappa shape index (κ2) is 7.33. The molecule has 0 fully saturated rings. The lowest BCUT2D eigenvalue weighted by atomic mass is 9.82. The van der Waals surface area contributed by atoms with Crippen LogP contribution >= 0.6 is 0 Å². The van der Waals surface area contributed by atoms with Crippen molar-refractivity contribution in [1.82, 2.24) is 5.32 Å². The Hall–Kier alpha value is -1.49. The summed E-state index contributed by atoms with van der Waals surface area (Å²) >= 11 is 0. The summed E-state index contributed by atoms with van der Waals surface area (Å²) in [7, 11) is 0. The van der Waals surface area contributed by atoms with Gasteiger partial charge in [-0.1, -0.05) is 26.0 Å². The van der Waals surface area contributed by atoms with Crippen LogP contribution < -0.4 is 11.1 Å². The van der Waals surface area contributed by atoms with Crippen molar-refractivity contribution in [3.63, 3.8) is 0 Å². The van der Waals surface area contributed by atoms with Crippen LogP contribution in [0, 0.1) is 17.0 Å². The van der Waals surface area contributed by atoms with Gasteiger partial charge in [0.15, 0.2) is 11.6 Å². The van der Waals surface area contributed by atoms with E-state index in [4.69, 9.17) is 5.73 Å². The molecule has 0 radical (unpaired) electrons. The van der Waals surface area contributed by atoms with Crippen LogP contribution in [0.5, 0.6) is 0 Å². The van der Waals surface area contributed by atoms with E-state index in [1.165, 1.54) is 12.1 Å². The van der Waals surface area contributed by atoms with Gasteiger partial charge in [0.25, 0.3) is 0 Å². The molecule has 0 aliphatic rings. The second-order valence-electron chi connectivity index (χ2n) is 5.08. The lowest BCUT2D eigenvalue weighted by molar-refractivity contribution is -0.121. The summed E-state index contributed by atoms with van der Waals surface area (Å²) in [4.78, 5) is 11.8. The molecule has 1 amide bonds. The highest BCUT2D eigenvalue weighted by Gasteiger charge is 2.25. The van der Waals surface area contributed by atoms with Crippen molar-refractivity contribution < 1.29 is 13.6 Å². The highest BCUT2D eigenvalue weighted by molar-refractivity contribution is 5.78. The van der Waals surface area contributed by atoms with Crippen LogP contribution in [0.4, 0.5) is 8.78 Å². The molecule has 3 nitrogen and oxygen atoms in total. The van der Waals surface area contributed by atoms with E-state index >= 15 is 0 Å². The standard InChI is InChI=1S/C15H22F2N2O/c1-3-15(4-2,9-18)10-19-13(20)8-11-6-5-7-12(16)14(11)17/h5-7H,3-4,8-10,18H2,1-2H3,(H,19,20). The summed E-state index contributed by atoms with van der Waals surface area (Å²) in [6.07, 6.45) is 1.54. The Morgan fingerprint density at radius 1 is 1.30 bits per heavy atom. The first-order valence-electron chi connectivity index (χ1n) is 6.87. The van der Waals surface area contributed by atoms with E-state index < -0.39 is 11.6 Å². The van der Waals surface area contributed by atoms with E-state index in [2.05, 4.69) is 5.32 Å². The van der Waals surface area contributed by atoms with Crippen molar-refractivity contribution in [3.8, 4) is 0 Å². The molecule has 1 aromatic rings. The summed E-state index contributed by atoms with van der Waals surface area (Å²) in [6, 6.07) is 3.83. The van der Waals surface area contributed by atoms with Crippen LogP contribution in [0.1, 0.15) is 32.3 Å². The molecule has 0 unspecified atom stereocenters. The third kappa shape index (κ3) is 4.00. The quantitative estimate of drug-likeness (QED) is 0.807. The van der Waals surface area contributed by atoms with Gasteiger partial charge in [0.05, 0.1) is 6.42 Å². The Kier molecular flexibility index (Phi) is 6.07. The van der Waals surface area contributed by atoms with Crippen molar-refractivity contribution >= 4 is 5.91 Å². The fourth-order valence-corrected chi connectivity index (χ4v) is 2.07. The van der Waals surface area contributed by atoms with Gasteiger partial charge in [-0.25, -0.2) is 8.78 Å². The van der Waals surface area contributed by atoms with Crippen molar-refractivity contribution in [2.24, 2.45) is 11.1 Å². The Morgan fingerprint density at radius 2 is 1.95 bits per heavy atom. The van der Waals surface area contributed by atoms with Crippen LogP contribution in [-0.4, -0.2) is 19.0 Å². The molecule has 0 saturated heterocycles. The molecule has 0 aliphatic heterocycles. The summed E-state index contributed by atoms with van der Waals surface area (Å²) in [6.45, 7) is 4.98. The monoisotopic (exact) mass is 284 g/mol. The number of nitrogens with one attached hydrogen (secondary N) is 1. The molecule has 0 spiro atoms. The van der Waals surface area contributed by atoms with E-state index in [1.807, 2.05) is 13.8 Å². The average Bonchev–Trinajstić information content (AvgIpc) is 2.46. The first kappa shape index (κ1) is 16.6. The lowest BCUT2D eigenvalue weighted by Crippen LogP contribution is -2.42. The molecule has 0 bridgehead atoms. The van der Waals surface area contributed by atoms with Gasteiger partial charge in [-0.15, -0.1) is 0 Å². The third-order valence-electron chi connectivity index (χ3n) is 3.98. The molecule has 0 saturated carbocycles. The van der Waals surface area contributed by atoms with Crippen molar-refractivity contribution in [3.05, 3.63) is 35.4 Å². The Bertz CT molecular complexity index is 451. The molecule has 0 heterocycles. The first-order chi connectivity index (χ1) is 9.48. The average molecular weight is 284 g/mol. The zero-order valence-corrected chi connectivity index (χ0v) is 12.0. The van der Waals surface area contributed by atoms with E-state index in [1.54, 1.807) is 0 Å². The predicted octanol–water partition coefficient (Wildman–Crippen LogP) is 2.39. The van der Waals surface area contributed by atoms with Gasteiger partial charge in [-0.2, -0.15) is 0 Å². The highest BCUT2D eigenvalue weighted by atomic mass is 19.2. The van der Waals surface area contributed by atoms with Gasteiger partial charge in [0.2, 0.25) is 5.91 Å². The zero-order chi connectivity index (χ0) is 15.2. The number of benzene rings is 1. The van der Waals surface area contributed by atoms with E-state index in [-0.39, 0.29) is 23.3 Å².